The van der Waals surface area contributed by atoms with Crippen molar-refractivity contribution in [1.29, 1.82) is 0 Å². The summed E-state index contributed by atoms with van der Waals surface area (Å²) in [5.41, 5.74) is -0.112. The quantitative estimate of drug-likeness (QED) is 0.335. The number of aryl methyl sites for hydroxylation is 1. The smallest absolute Gasteiger partial charge is 0.419 e. The second kappa shape index (κ2) is 11.8. The van der Waals surface area contributed by atoms with Gasteiger partial charge in [0.2, 0.25) is 0 Å². The van der Waals surface area contributed by atoms with E-state index in [9.17, 15) is 18.0 Å². The van der Waals surface area contributed by atoms with Crippen LogP contribution in [0.5, 0.6) is 5.75 Å². The number of ether oxygens (including phenoxy) is 2. The minimum atomic E-state index is -4.44. The average molecular weight is 374 g/mol. The van der Waals surface area contributed by atoms with Gasteiger partial charge in [-0.1, -0.05) is 38.7 Å². The average Bonchev–Trinajstić information content (AvgIpc) is 2.57. The van der Waals surface area contributed by atoms with Gasteiger partial charge in [-0.05, 0) is 43.4 Å². The summed E-state index contributed by atoms with van der Waals surface area (Å²) in [6, 6.07) is 4.25. The number of rotatable bonds is 12. The van der Waals surface area contributed by atoms with Crippen LogP contribution in [-0.4, -0.2) is 19.2 Å². The molecule has 0 radical (unpaired) electrons. The molecular formula is C20H29F3O3. The molecule has 3 nitrogen and oxygen atoms in total. The number of esters is 1. The van der Waals surface area contributed by atoms with Crippen molar-refractivity contribution in [3.8, 4) is 5.75 Å². The summed E-state index contributed by atoms with van der Waals surface area (Å²) in [4.78, 5) is 10.7. The number of carbonyl (C=O) groups is 1. The number of hydrogen-bond acceptors (Lipinski definition) is 3. The molecule has 0 aliphatic carbocycles. The van der Waals surface area contributed by atoms with E-state index in [-0.39, 0.29) is 11.7 Å². The normalized spacial score (nSPS) is 11.4. The molecule has 0 fully saturated rings. The molecule has 0 saturated carbocycles. The number of benzene rings is 1. The molecule has 0 N–H and O–H groups in total. The molecule has 148 valence electrons. The Balaban J connectivity index is 2.56. The molecule has 0 aliphatic rings. The van der Waals surface area contributed by atoms with E-state index in [0.717, 1.165) is 38.2 Å². The molecule has 1 rings (SSSR count). The van der Waals surface area contributed by atoms with Crippen LogP contribution >= 0.6 is 0 Å². The van der Waals surface area contributed by atoms with Crippen LogP contribution in [0, 0.1) is 0 Å². The van der Waals surface area contributed by atoms with E-state index in [1.54, 1.807) is 6.07 Å². The summed E-state index contributed by atoms with van der Waals surface area (Å²) < 4.78 is 50.1. The van der Waals surface area contributed by atoms with Crippen molar-refractivity contribution in [3.63, 3.8) is 0 Å². The summed E-state index contributed by atoms with van der Waals surface area (Å²) >= 11 is 0. The molecule has 6 heteroatoms. The molecule has 1 aromatic rings. The summed E-state index contributed by atoms with van der Waals surface area (Å²) in [7, 11) is 0. The van der Waals surface area contributed by atoms with Crippen LogP contribution in [0.3, 0.4) is 0 Å². The van der Waals surface area contributed by atoms with Crippen molar-refractivity contribution in [2.75, 3.05) is 13.2 Å². The minimum Gasteiger partial charge on any atom is -0.493 e. The molecule has 0 amide bonds. The van der Waals surface area contributed by atoms with Gasteiger partial charge in [-0.15, -0.1) is 0 Å². The van der Waals surface area contributed by atoms with Crippen LogP contribution in [0.2, 0.25) is 0 Å². The molecule has 0 bridgehead atoms. The van der Waals surface area contributed by atoms with Crippen molar-refractivity contribution in [1.82, 2.24) is 0 Å². The van der Waals surface area contributed by atoms with E-state index in [4.69, 9.17) is 9.47 Å². The lowest BCUT2D eigenvalue weighted by Gasteiger charge is -2.15. The fourth-order valence-corrected chi connectivity index (χ4v) is 2.61. The van der Waals surface area contributed by atoms with E-state index < -0.39 is 11.7 Å². The number of carbonyl (C=O) groups excluding carboxylic acids is 1. The first-order valence-corrected chi connectivity index (χ1v) is 9.31. The van der Waals surface area contributed by atoms with Crippen LogP contribution in [0.4, 0.5) is 13.2 Å². The zero-order valence-corrected chi connectivity index (χ0v) is 15.7. The highest BCUT2D eigenvalue weighted by Gasteiger charge is 2.34. The Morgan fingerprint density at radius 1 is 1.00 bits per heavy atom. The number of unbranched alkanes of at least 4 members (excludes halogenated alkanes) is 5. The Hall–Kier alpha value is -1.72. The van der Waals surface area contributed by atoms with E-state index >= 15 is 0 Å². The highest BCUT2D eigenvalue weighted by molar-refractivity contribution is 5.65. The lowest BCUT2D eigenvalue weighted by atomic mass is 10.0. The van der Waals surface area contributed by atoms with Gasteiger partial charge in [0.1, 0.15) is 5.75 Å². The van der Waals surface area contributed by atoms with Crippen molar-refractivity contribution >= 4 is 5.97 Å². The molecule has 0 spiro atoms. The summed E-state index contributed by atoms with van der Waals surface area (Å²) in [6.45, 7) is 4.04. The summed E-state index contributed by atoms with van der Waals surface area (Å²) in [5.74, 6) is -0.447. The molecule has 0 aliphatic heterocycles. The Morgan fingerprint density at radius 2 is 1.69 bits per heavy atom. The van der Waals surface area contributed by atoms with Gasteiger partial charge in [0, 0.05) is 6.92 Å². The van der Waals surface area contributed by atoms with Crippen molar-refractivity contribution in [2.24, 2.45) is 0 Å². The van der Waals surface area contributed by atoms with Crippen LogP contribution in [-0.2, 0) is 22.1 Å². The second-order valence-corrected chi connectivity index (χ2v) is 6.39. The SMILES string of the molecule is CCCCCCCOc1ccc(CCCCOC(C)=O)cc1C(F)(F)F. The first kappa shape index (κ1) is 22.3. The van der Waals surface area contributed by atoms with Crippen molar-refractivity contribution in [3.05, 3.63) is 29.3 Å². The highest BCUT2D eigenvalue weighted by Crippen LogP contribution is 2.37. The zero-order valence-electron chi connectivity index (χ0n) is 15.7. The van der Waals surface area contributed by atoms with Gasteiger partial charge >= 0.3 is 12.1 Å². The molecule has 0 saturated heterocycles. The molecule has 0 unspecified atom stereocenters. The Kier molecular flexibility index (Phi) is 10.1. The second-order valence-electron chi connectivity index (χ2n) is 6.39. The maximum Gasteiger partial charge on any atom is 0.419 e. The fourth-order valence-electron chi connectivity index (χ4n) is 2.61. The third-order valence-electron chi connectivity index (χ3n) is 4.02. The molecule has 0 atom stereocenters. The minimum absolute atomic E-state index is 0.100. The van der Waals surface area contributed by atoms with Crippen molar-refractivity contribution in [2.45, 2.75) is 71.4 Å². The summed E-state index contributed by atoms with van der Waals surface area (Å²) in [6.07, 6.45) is 2.41. The molecule has 26 heavy (non-hydrogen) atoms. The van der Waals surface area contributed by atoms with Gasteiger partial charge in [0.05, 0.1) is 18.8 Å². The molecule has 0 aromatic heterocycles. The van der Waals surface area contributed by atoms with Crippen molar-refractivity contribution < 1.29 is 27.4 Å². The number of hydrogen-bond donors (Lipinski definition) is 0. The molecule has 0 heterocycles. The van der Waals surface area contributed by atoms with Gasteiger partial charge in [-0.2, -0.15) is 13.2 Å². The molecule has 1 aromatic carbocycles. The lowest BCUT2D eigenvalue weighted by Crippen LogP contribution is -2.10. The van der Waals surface area contributed by atoms with Gasteiger partial charge in [0.15, 0.2) is 0 Å². The standard InChI is InChI=1S/C20H29F3O3/c1-3-4-5-6-8-14-26-19-12-11-17(15-18(19)20(21,22)23)10-7-9-13-25-16(2)24/h11-12,15H,3-10,13-14H2,1-2H3. The van der Waals surface area contributed by atoms with Gasteiger partial charge in [-0.3, -0.25) is 4.79 Å². The predicted octanol–water partition coefficient (Wildman–Crippen LogP) is 5.94. The lowest BCUT2D eigenvalue weighted by molar-refractivity contribution is -0.141. The third-order valence-corrected chi connectivity index (χ3v) is 4.02. The van der Waals surface area contributed by atoms with Crippen LogP contribution < -0.4 is 4.74 Å². The highest BCUT2D eigenvalue weighted by atomic mass is 19.4. The van der Waals surface area contributed by atoms with Crippen LogP contribution in [0.1, 0.15) is 69.9 Å². The maximum absolute atomic E-state index is 13.3. The Labute approximate surface area is 153 Å². The first-order valence-electron chi connectivity index (χ1n) is 9.31. The largest absolute Gasteiger partial charge is 0.493 e. The van der Waals surface area contributed by atoms with E-state index in [0.29, 0.717) is 38.0 Å². The predicted molar refractivity (Wildman–Crippen MR) is 95.3 cm³/mol. The van der Waals surface area contributed by atoms with E-state index in [1.807, 2.05) is 0 Å². The van der Waals surface area contributed by atoms with Crippen LogP contribution in [0.25, 0.3) is 0 Å². The molecular weight excluding hydrogens is 345 g/mol. The summed E-state index contributed by atoms with van der Waals surface area (Å²) in [5, 5.41) is 0. The van der Waals surface area contributed by atoms with Gasteiger partial charge in [-0.25, -0.2) is 0 Å². The van der Waals surface area contributed by atoms with E-state index in [2.05, 4.69) is 6.92 Å². The Morgan fingerprint density at radius 3 is 2.35 bits per heavy atom. The van der Waals surface area contributed by atoms with E-state index in [1.165, 1.54) is 13.0 Å². The number of alkyl halides is 3. The van der Waals surface area contributed by atoms with Gasteiger partial charge < -0.3 is 9.47 Å². The monoisotopic (exact) mass is 374 g/mol. The zero-order chi connectivity index (χ0) is 19.4. The van der Waals surface area contributed by atoms with Gasteiger partial charge in [0.25, 0.3) is 0 Å². The van der Waals surface area contributed by atoms with Crippen LogP contribution in [0.15, 0.2) is 18.2 Å². The Bertz CT molecular complexity index is 542. The number of halogens is 3. The maximum atomic E-state index is 13.3. The topological polar surface area (TPSA) is 35.5 Å². The fraction of sp³-hybridized carbons (Fsp3) is 0.650. The first-order chi connectivity index (χ1) is 12.3. The third kappa shape index (κ3) is 9.11.